The maximum Gasteiger partial charge on any atom is 0.856 e. The summed E-state index contributed by atoms with van der Waals surface area (Å²) in [6.45, 7) is 1.93. The quantitative estimate of drug-likeness (QED) is 0.170. The minimum absolute atomic E-state index is 0.0718. The molecule has 0 amide bonds. The van der Waals surface area contributed by atoms with Gasteiger partial charge in [-0.3, -0.25) is 0 Å². The van der Waals surface area contributed by atoms with Crippen molar-refractivity contribution in [1.29, 1.82) is 0 Å². The molecule has 2 aromatic carbocycles. The minimum atomic E-state index is -2.34. The summed E-state index contributed by atoms with van der Waals surface area (Å²) in [6.07, 6.45) is 0. The lowest BCUT2D eigenvalue weighted by Gasteiger charge is -2.21. The number of hydrogen-bond acceptors (Lipinski definition) is 2. The molecule has 0 aliphatic rings. The molecular formula is C14H5AlBr5Cl5O2. The Hall–Kier alpha value is 2.42. The maximum absolute atomic E-state index is 6.26. The van der Waals surface area contributed by atoms with Gasteiger partial charge in [-0.15, -0.1) is 0 Å². The highest BCUT2D eigenvalue weighted by Crippen LogP contribution is 2.50. The monoisotopic (exact) mass is 801 g/mol. The summed E-state index contributed by atoms with van der Waals surface area (Å²) in [5.74, 6) is 0.715. The second-order valence-corrected chi connectivity index (χ2v) is 12.9. The molecule has 2 nitrogen and oxygen atoms in total. The molecule has 0 unspecified atom stereocenters. The lowest BCUT2D eigenvalue weighted by atomic mass is 10.3. The van der Waals surface area contributed by atoms with Crippen LogP contribution in [0.2, 0.25) is 30.4 Å². The Labute approximate surface area is 228 Å². The van der Waals surface area contributed by atoms with Crippen LogP contribution in [0.1, 0.15) is 6.92 Å². The topological polar surface area (TPSA) is 18.5 Å². The number of rotatable bonds is 5. The zero-order valence-electron chi connectivity index (χ0n) is 12.9. The second-order valence-electron chi connectivity index (χ2n) is 4.87. The van der Waals surface area contributed by atoms with Crippen molar-refractivity contribution < 1.29 is 7.58 Å². The van der Waals surface area contributed by atoms with Crippen LogP contribution in [0.25, 0.3) is 0 Å². The molecular weight excluding hydrogens is 804 g/mol. The van der Waals surface area contributed by atoms with Crippen LogP contribution in [0.15, 0.2) is 22.4 Å². The molecule has 146 valence electrons. The first kappa shape index (κ1) is 25.7. The van der Waals surface area contributed by atoms with Crippen LogP contribution in [-0.4, -0.2) is 14.8 Å². The highest BCUT2D eigenvalue weighted by molar-refractivity contribution is 9.15. The molecule has 0 aromatic heterocycles. The molecule has 0 fully saturated rings. The molecule has 0 saturated heterocycles. The first-order valence-corrected chi connectivity index (χ1v) is 14.5. The van der Waals surface area contributed by atoms with Crippen LogP contribution in [-0.2, 0) is 0 Å². The van der Waals surface area contributed by atoms with Crippen molar-refractivity contribution >= 4 is 152 Å². The summed E-state index contributed by atoms with van der Waals surface area (Å²) >= 11 is 46.0. The fraction of sp³-hybridized carbons (Fsp3) is 0.143. The van der Waals surface area contributed by atoms with E-state index in [1.807, 2.05) is 6.92 Å². The van der Waals surface area contributed by atoms with Crippen molar-refractivity contribution in [2.24, 2.45) is 0 Å². The zero-order chi connectivity index (χ0) is 20.6. The van der Waals surface area contributed by atoms with E-state index in [9.17, 15) is 0 Å². The lowest BCUT2D eigenvalue weighted by molar-refractivity contribution is 0.420. The van der Waals surface area contributed by atoms with Gasteiger partial charge in [-0.2, -0.15) is 0 Å². The third-order valence-corrected chi connectivity index (χ3v) is 13.1. The summed E-state index contributed by atoms with van der Waals surface area (Å²) in [6, 6.07) is 0. The van der Waals surface area contributed by atoms with Gasteiger partial charge in [-0.05, 0) is 84.9 Å². The highest BCUT2D eigenvalue weighted by atomic mass is 79.9. The summed E-state index contributed by atoms with van der Waals surface area (Å²) in [7, 11) is 0. The Balaban J connectivity index is 2.45. The van der Waals surface area contributed by atoms with Crippen molar-refractivity contribution in [1.82, 2.24) is 0 Å². The van der Waals surface area contributed by atoms with Crippen molar-refractivity contribution in [2.45, 2.75) is 12.2 Å². The maximum atomic E-state index is 6.26. The molecule has 0 radical (unpaired) electrons. The van der Waals surface area contributed by atoms with Crippen molar-refractivity contribution in [3.63, 3.8) is 0 Å². The van der Waals surface area contributed by atoms with E-state index < -0.39 is 14.8 Å². The van der Waals surface area contributed by atoms with Crippen LogP contribution in [0.3, 0.4) is 0 Å². The molecule has 2 aromatic rings. The van der Waals surface area contributed by atoms with Gasteiger partial charge >= 0.3 is 14.8 Å². The fourth-order valence-corrected chi connectivity index (χ4v) is 8.11. The number of benzene rings is 2. The van der Waals surface area contributed by atoms with Gasteiger partial charge in [-0.1, -0.05) is 64.9 Å². The minimum Gasteiger partial charge on any atom is -0.610 e. The molecule has 27 heavy (non-hydrogen) atoms. The van der Waals surface area contributed by atoms with E-state index >= 15 is 0 Å². The molecule has 2 rings (SSSR count). The molecule has 0 aliphatic heterocycles. The van der Waals surface area contributed by atoms with Crippen molar-refractivity contribution in [3.05, 3.63) is 47.5 Å². The molecule has 0 bridgehead atoms. The molecule has 0 spiro atoms. The average molecular weight is 809 g/mol. The number of halogens is 10. The van der Waals surface area contributed by atoms with Gasteiger partial charge in [-0.25, -0.2) is 0 Å². The SMILES string of the molecule is C[CH2][Al]([O]c1c(Cl)c(Cl)c(Cl)c(Cl)c1Cl)[O]c1c(Br)c(Br)c(Br)c(Br)c1Br. The molecule has 0 N–H and O–H groups in total. The van der Waals surface area contributed by atoms with Crippen molar-refractivity contribution in [3.8, 4) is 11.5 Å². The Bertz CT molecular complexity index is 785. The number of hydrogen-bond donors (Lipinski definition) is 0. The van der Waals surface area contributed by atoms with Crippen molar-refractivity contribution in [2.75, 3.05) is 0 Å². The zero-order valence-corrected chi connectivity index (χ0v) is 25.7. The van der Waals surface area contributed by atoms with Crippen LogP contribution < -0.4 is 7.58 Å². The molecule has 0 aliphatic carbocycles. The van der Waals surface area contributed by atoms with Gasteiger partial charge in [0.1, 0.15) is 21.5 Å². The first-order valence-electron chi connectivity index (χ1n) is 6.88. The Kier molecular flexibility index (Phi) is 10.3. The Morgan fingerprint density at radius 2 is 0.926 bits per heavy atom. The molecule has 0 saturated carbocycles. The van der Waals surface area contributed by atoms with Gasteiger partial charge in [0.05, 0.1) is 33.0 Å². The smallest absolute Gasteiger partial charge is 0.610 e. The summed E-state index contributed by atoms with van der Waals surface area (Å²) < 4.78 is 16.0. The largest absolute Gasteiger partial charge is 0.856 e. The Morgan fingerprint density at radius 3 is 1.33 bits per heavy atom. The molecule has 13 heteroatoms. The van der Waals surface area contributed by atoms with Gasteiger partial charge < -0.3 is 7.58 Å². The standard InChI is InChI=1S/C6HBr5O.C6HCl5O.C2H5.Al/c2*7-1-2(8)4(10)6(12)5(11)3(1)9;1-2;/h2*12H;1H2,2H3;/q;;;+2/p-2. The lowest BCUT2D eigenvalue weighted by Crippen LogP contribution is -2.29. The van der Waals surface area contributed by atoms with E-state index in [1.165, 1.54) is 0 Å². The normalized spacial score (nSPS) is 10.9. The summed E-state index contributed by atoms with van der Waals surface area (Å²) in [5, 5.41) is 0.992. The summed E-state index contributed by atoms with van der Waals surface area (Å²) in [4.78, 5) is 0. The first-order chi connectivity index (χ1) is 12.5. The predicted molar refractivity (Wildman–Crippen MR) is 134 cm³/mol. The van der Waals surface area contributed by atoms with E-state index in [4.69, 9.17) is 65.6 Å². The van der Waals surface area contributed by atoms with Gasteiger partial charge in [0.2, 0.25) is 0 Å². The van der Waals surface area contributed by atoms with Gasteiger partial charge in [0.15, 0.2) is 0 Å². The molecule has 0 heterocycles. The van der Waals surface area contributed by atoms with Crippen LogP contribution in [0.4, 0.5) is 0 Å². The van der Waals surface area contributed by atoms with Gasteiger partial charge in [0.25, 0.3) is 0 Å². The fourth-order valence-electron chi connectivity index (χ4n) is 1.83. The van der Waals surface area contributed by atoms with Crippen LogP contribution >= 0.6 is 138 Å². The average Bonchev–Trinajstić information content (AvgIpc) is 2.66. The van der Waals surface area contributed by atoms with Crippen LogP contribution in [0.5, 0.6) is 11.5 Å². The van der Waals surface area contributed by atoms with E-state index in [-0.39, 0.29) is 30.9 Å². The molecule has 0 atom stereocenters. The summed E-state index contributed by atoms with van der Waals surface area (Å²) in [5.41, 5.74) is 0. The highest BCUT2D eigenvalue weighted by Gasteiger charge is 2.35. The second kappa shape index (κ2) is 10.8. The van der Waals surface area contributed by atoms with E-state index in [1.54, 1.807) is 0 Å². The predicted octanol–water partition coefficient (Wildman–Crippen LogP) is 10.7. The van der Waals surface area contributed by atoms with E-state index in [0.717, 1.165) is 13.4 Å². The Morgan fingerprint density at radius 1 is 0.593 bits per heavy atom. The third kappa shape index (κ3) is 5.44. The third-order valence-electron chi connectivity index (χ3n) is 3.17. The van der Waals surface area contributed by atoms with Gasteiger partial charge in [0, 0.05) is 4.47 Å². The van der Waals surface area contributed by atoms with Crippen LogP contribution in [0, 0.1) is 0 Å². The van der Waals surface area contributed by atoms with E-state index in [2.05, 4.69) is 79.6 Å². The van der Waals surface area contributed by atoms with E-state index in [0.29, 0.717) is 20.0 Å².